The van der Waals surface area contributed by atoms with Gasteiger partial charge in [-0.1, -0.05) is 10.8 Å². The number of carbonyl (C=O) groups excluding carboxylic acids is 3. The lowest BCUT2D eigenvalue weighted by atomic mass is 10.3. The van der Waals surface area contributed by atoms with Crippen molar-refractivity contribution >= 4 is 54.9 Å². The summed E-state index contributed by atoms with van der Waals surface area (Å²) in [5.41, 5.74) is -0.110. The number of aromatic nitrogens is 1. The quantitative estimate of drug-likeness (QED) is 0.175. The summed E-state index contributed by atoms with van der Waals surface area (Å²) in [7, 11) is -1.13. The van der Waals surface area contributed by atoms with Crippen molar-refractivity contribution in [3.63, 3.8) is 0 Å². The van der Waals surface area contributed by atoms with Crippen molar-refractivity contribution in [3.05, 3.63) is 28.4 Å². The molecule has 2 rings (SSSR count). The Morgan fingerprint density at radius 3 is 2.68 bits per heavy atom. The van der Waals surface area contributed by atoms with E-state index in [0.717, 1.165) is 12.5 Å². The number of nitrogens with zero attached hydrogens (tertiary/aromatic N) is 3. The molecule has 11 nitrogen and oxygen atoms in total. The lowest BCUT2D eigenvalue weighted by Gasteiger charge is -2.13. The van der Waals surface area contributed by atoms with Crippen LogP contribution in [0.4, 0.5) is 5.69 Å². The Kier molecular flexibility index (Phi) is 7.37. The molecule has 1 saturated heterocycles. The zero-order valence-electron chi connectivity index (χ0n) is 14.5. The molecule has 1 aliphatic heterocycles. The minimum atomic E-state index is -3.76. The third-order valence-corrected chi connectivity index (χ3v) is 7.21. The number of amides is 2. The number of nitro groups is 1. The van der Waals surface area contributed by atoms with Crippen molar-refractivity contribution in [2.75, 3.05) is 12.0 Å². The van der Waals surface area contributed by atoms with Gasteiger partial charge >= 0.3 is 5.97 Å². The van der Waals surface area contributed by atoms with Crippen molar-refractivity contribution in [1.82, 2.24) is 10.0 Å². The van der Waals surface area contributed by atoms with Crippen molar-refractivity contribution in [2.24, 2.45) is 0 Å². The molecule has 1 aliphatic rings. The second-order valence-electron chi connectivity index (χ2n) is 5.63. The highest BCUT2D eigenvalue weighted by atomic mass is 33.1. The molecule has 14 heteroatoms. The molecule has 28 heavy (non-hydrogen) atoms. The van der Waals surface area contributed by atoms with Crippen LogP contribution in [0, 0.1) is 10.1 Å². The molecular formula is C14H15N3O8S3. The molecule has 1 aromatic rings. The average Bonchev–Trinajstić information content (AvgIpc) is 2.90. The molecule has 1 fully saturated rings. The molecule has 0 N–H and O–H groups in total. The van der Waals surface area contributed by atoms with Gasteiger partial charge in [0.25, 0.3) is 17.5 Å². The van der Waals surface area contributed by atoms with Gasteiger partial charge in [-0.2, -0.15) is 0 Å². The van der Waals surface area contributed by atoms with Crippen LogP contribution >= 0.6 is 21.6 Å². The summed E-state index contributed by atoms with van der Waals surface area (Å²) in [6.07, 6.45) is 1.73. The summed E-state index contributed by atoms with van der Waals surface area (Å²) in [5, 5.41) is 9.81. The number of pyridine rings is 1. The summed E-state index contributed by atoms with van der Waals surface area (Å²) in [4.78, 5) is 54.0. The smallest absolute Gasteiger partial charge is 0.330 e. The lowest BCUT2D eigenvalue weighted by molar-refractivity contribution is -0.385. The first kappa shape index (κ1) is 22.1. The standard InChI is InChI=1S/C14H15N3O8S3/c1-28(23,24)10-7-12(18)16(14(10)20)25-13(19)3-2-6-26-27-11-5-4-9(8-15-11)17(21)22/h4-5,8,10H,2-3,6-7H2,1H3. The summed E-state index contributed by atoms with van der Waals surface area (Å²) in [6, 6.07) is 2.84. The molecule has 152 valence electrons. The van der Waals surface area contributed by atoms with Gasteiger partial charge in [0, 0.05) is 24.5 Å². The summed E-state index contributed by atoms with van der Waals surface area (Å²) in [5.74, 6) is -2.25. The van der Waals surface area contributed by atoms with Crippen LogP contribution in [-0.4, -0.2) is 58.4 Å². The van der Waals surface area contributed by atoms with Crippen LogP contribution in [0.15, 0.2) is 23.4 Å². The van der Waals surface area contributed by atoms with Crippen molar-refractivity contribution in [1.29, 1.82) is 0 Å². The van der Waals surface area contributed by atoms with E-state index in [4.69, 9.17) is 4.84 Å². The molecular weight excluding hydrogens is 434 g/mol. The summed E-state index contributed by atoms with van der Waals surface area (Å²) in [6.45, 7) is 0. The normalized spacial score (nSPS) is 17.0. The Hall–Kier alpha value is -2.19. The first-order chi connectivity index (χ1) is 13.1. The monoisotopic (exact) mass is 449 g/mol. The Bertz CT molecular complexity index is 888. The lowest BCUT2D eigenvalue weighted by Crippen LogP contribution is -2.36. The van der Waals surface area contributed by atoms with Crippen LogP contribution in [0.25, 0.3) is 0 Å². The molecule has 2 heterocycles. The number of carbonyl (C=O) groups is 3. The van der Waals surface area contributed by atoms with E-state index in [1.54, 1.807) is 0 Å². The SMILES string of the molecule is CS(=O)(=O)C1CC(=O)N(OC(=O)CCCSSc2ccc([N+](=O)[O-])cn2)C1=O. The largest absolute Gasteiger partial charge is 0.333 e. The predicted octanol–water partition coefficient (Wildman–Crippen LogP) is 1.14. The number of rotatable bonds is 9. The van der Waals surface area contributed by atoms with Crippen molar-refractivity contribution < 1.29 is 32.6 Å². The molecule has 0 radical (unpaired) electrons. The zero-order valence-corrected chi connectivity index (χ0v) is 16.9. The fourth-order valence-corrected chi connectivity index (χ4v) is 4.92. The van der Waals surface area contributed by atoms with E-state index in [0.29, 0.717) is 17.2 Å². The van der Waals surface area contributed by atoms with Gasteiger partial charge in [0.05, 0.1) is 11.3 Å². The van der Waals surface area contributed by atoms with Crippen LogP contribution < -0.4 is 0 Å². The Balaban J connectivity index is 1.71. The summed E-state index contributed by atoms with van der Waals surface area (Å²) >= 11 is 0. The molecule has 0 spiro atoms. The maximum Gasteiger partial charge on any atom is 0.333 e. The van der Waals surface area contributed by atoms with E-state index in [2.05, 4.69) is 4.98 Å². The first-order valence-corrected chi connectivity index (χ1v) is 12.0. The van der Waals surface area contributed by atoms with Gasteiger partial charge in [-0.3, -0.25) is 19.7 Å². The number of hydroxylamine groups is 2. The van der Waals surface area contributed by atoms with E-state index >= 15 is 0 Å². The third kappa shape index (κ3) is 5.90. The highest BCUT2D eigenvalue weighted by Crippen LogP contribution is 2.30. The van der Waals surface area contributed by atoms with Crippen molar-refractivity contribution in [3.8, 4) is 0 Å². The molecule has 2 amide bonds. The van der Waals surface area contributed by atoms with Gasteiger partial charge in [0.2, 0.25) is 0 Å². The van der Waals surface area contributed by atoms with Gasteiger partial charge < -0.3 is 4.84 Å². The second kappa shape index (κ2) is 9.34. The van der Waals surface area contributed by atoms with Gasteiger partial charge in [-0.15, -0.1) is 5.06 Å². The Labute approximate surface area is 167 Å². The average molecular weight is 449 g/mol. The molecule has 1 unspecified atom stereocenters. The second-order valence-corrected chi connectivity index (χ2v) is 10.3. The Morgan fingerprint density at radius 2 is 2.14 bits per heavy atom. The fraction of sp³-hybridized carbons (Fsp3) is 0.429. The van der Waals surface area contributed by atoms with Crippen LogP contribution in [0.3, 0.4) is 0 Å². The highest BCUT2D eigenvalue weighted by molar-refractivity contribution is 8.76. The maximum atomic E-state index is 11.9. The maximum absolute atomic E-state index is 11.9. The van der Waals surface area contributed by atoms with Crippen LogP contribution in [0.1, 0.15) is 19.3 Å². The van der Waals surface area contributed by atoms with E-state index < -0.39 is 44.2 Å². The van der Waals surface area contributed by atoms with Crippen LogP contribution in [0.5, 0.6) is 0 Å². The molecule has 0 aliphatic carbocycles. The van der Waals surface area contributed by atoms with Gasteiger partial charge in [0.1, 0.15) is 11.2 Å². The van der Waals surface area contributed by atoms with Gasteiger partial charge in [-0.05, 0) is 23.3 Å². The minimum Gasteiger partial charge on any atom is -0.330 e. The third-order valence-electron chi connectivity index (χ3n) is 3.46. The Morgan fingerprint density at radius 1 is 1.43 bits per heavy atom. The number of sulfone groups is 1. The molecule has 0 saturated carbocycles. The van der Waals surface area contributed by atoms with Gasteiger partial charge in [-0.25, -0.2) is 18.2 Å². The van der Waals surface area contributed by atoms with E-state index in [-0.39, 0.29) is 17.2 Å². The van der Waals surface area contributed by atoms with Crippen LogP contribution in [-0.2, 0) is 29.1 Å². The predicted molar refractivity (Wildman–Crippen MR) is 99.6 cm³/mol. The van der Waals surface area contributed by atoms with E-state index in [9.17, 15) is 32.9 Å². The number of hydrogen-bond donors (Lipinski definition) is 0. The molecule has 1 aromatic heterocycles. The number of hydrogen-bond acceptors (Lipinski definition) is 11. The van der Waals surface area contributed by atoms with E-state index in [1.807, 2.05) is 0 Å². The number of imide groups is 1. The first-order valence-electron chi connectivity index (χ1n) is 7.76. The highest BCUT2D eigenvalue weighted by Gasteiger charge is 2.46. The molecule has 0 bridgehead atoms. The minimum absolute atomic E-state index is 0.0815. The molecule has 0 aromatic carbocycles. The fourth-order valence-electron chi connectivity index (χ4n) is 2.07. The summed E-state index contributed by atoms with van der Waals surface area (Å²) < 4.78 is 22.9. The van der Waals surface area contributed by atoms with Crippen LogP contribution in [0.2, 0.25) is 0 Å². The zero-order chi connectivity index (χ0) is 20.9. The molecule has 1 atom stereocenters. The van der Waals surface area contributed by atoms with Gasteiger partial charge in [0.15, 0.2) is 15.1 Å². The topological polar surface area (TPSA) is 154 Å². The van der Waals surface area contributed by atoms with Crippen molar-refractivity contribution in [2.45, 2.75) is 29.5 Å². The van der Waals surface area contributed by atoms with E-state index in [1.165, 1.54) is 33.7 Å².